The summed E-state index contributed by atoms with van der Waals surface area (Å²) in [5.74, 6) is 0.0581. The Morgan fingerprint density at radius 3 is 3.18 bits per heavy atom. The third-order valence-electron chi connectivity index (χ3n) is 1.24. The summed E-state index contributed by atoms with van der Waals surface area (Å²) < 4.78 is 0. The van der Waals surface area contributed by atoms with Gasteiger partial charge in [-0.15, -0.1) is 0 Å². The zero-order valence-electron chi connectivity index (χ0n) is 6.42. The first-order valence-electron chi connectivity index (χ1n) is 3.62. The molecule has 0 unspecified atom stereocenters. The molecule has 1 aliphatic heterocycles. The van der Waals surface area contributed by atoms with Gasteiger partial charge in [-0.1, -0.05) is 6.92 Å². The highest BCUT2D eigenvalue weighted by molar-refractivity contribution is 5.91. The van der Waals surface area contributed by atoms with Gasteiger partial charge in [-0.25, -0.2) is 0 Å². The van der Waals surface area contributed by atoms with Gasteiger partial charge in [-0.3, -0.25) is 4.79 Å². The molecule has 4 heteroatoms. The molecule has 0 aromatic carbocycles. The molecule has 62 valence electrons. The molecule has 1 heterocycles. The van der Waals surface area contributed by atoms with Crippen LogP contribution < -0.4 is 5.32 Å². The molecule has 4 nitrogen and oxygen atoms in total. The van der Waals surface area contributed by atoms with Gasteiger partial charge < -0.3 is 10.2 Å². The fraction of sp³-hybridized carbons (Fsp3) is 0.571. The predicted octanol–water partition coefficient (Wildman–Crippen LogP) is 0.358. The molecule has 0 aliphatic carbocycles. The second-order valence-corrected chi connectivity index (χ2v) is 2.19. The zero-order valence-corrected chi connectivity index (χ0v) is 6.42. The molecule has 0 fully saturated rings. The molecule has 0 spiro atoms. The van der Waals surface area contributed by atoms with Crippen LogP contribution in [0.5, 0.6) is 0 Å². The van der Waals surface area contributed by atoms with Crippen LogP contribution in [0.25, 0.3) is 0 Å². The Labute approximate surface area is 65.1 Å². The number of rotatable bonds is 3. The summed E-state index contributed by atoms with van der Waals surface area (Å²) in [6.45, 7) is 3.01. The molecule has 0 radical (unpaired) electrons. The highest BCUT2D eigenvalue weighted by atomic mass is 17.2. The molecule has 0 saturated carbocycles. The van der Waals surface area contributed by atoms with Crippen LogP contribution in [-0.4, -0.2) is 19.1 Å². The largest absolute Gasteiger partial charge is 0.349 e. The number of hydrogen-bond acceptors (Lipinski definition) is 3. The molecule has 0 atom stereocenters. The lowest BCUT2D eigenvalue weighted by Gasteiger charge is -2.01. The van der Waals surface area contributed by atoms with E-state index in [2.05, 4.69) is 15.1 Å². The Hall–Kier alpha value is -1.03. The zero-order chi connectivity index (χ0) is 8.10. The molecular formula is C7H11NO3. The number of carbonyl (C=O) groups excluding carboxylic acids is 1. The van der Waals surface area contributed by atoms with E-state index < -0.39 is 0 Å². The van der Waals surface area contributed by atoms with E-state index in [0.29, 0.717) is 13.2 Å². The highest BCUT2D eigenvalue weighted by Gasteiger charge is 2.15. The van der Waals surface area contributed by atoms with Gasteiger partial charge in [-0.2, -0.15) is 4.89 Å². The van der Waals surface area contributed by atoms with Crippen LogP contribution in [0.1, 0.15) is 13.3 Å². The van der Waals surface area contributed by atoms with Crippen molar-refractivity contribution < 1.29 is 14.6 Å². The standard InChI is InChI=1S/C7H11NO3/c1-2-4-8-7(9)6-3-5-10-11-6/h3H,2,4-5H2,1H3,(H,8,9). The van der Waals surface area contributed by atoms with Gasteiger partial charge in [0.25, 0.3) is 5.91 Å². The van der Waals surface area contributed by atoms with Crippen molar-refractivity contribution in [2.45, 2.75) is 13.3 Å². The Morgan fingerprint density at radius 2 is 2.64 bits per heavy atom. The van der Waals surface area contributed by atoms with Gasteiger partial charge in [0.15, 0.2) is 0 Å². The summed E-state index contributed by atoms with van der Waals surface area (Å²) in [5.41, 5.74) is 0. The van der Waals surface area contributed by atoms with Crippen molar-refractivity contribution in [3.05, 3.63) is 11.8 Å². The minimum Gasteiger partial charge on any atom is -0.349 e. The van der Waals surface area contributed by atoms with Crippen molar-refractivity contribution >= 4 is 5.91 Å². The Kier molecular flexibility index (Phi) is 2.92. The molecule has 0 aromatic heterocycles. The van der Waals surface area contributed by atoms with Gasteiger partial charge in [0.2, 0.25) is 5.76 Å². The van der Waals surface area contributed by atoms with E-state index in [1.165, 1.54) is 0 Å². The van der Waals surface area contributed by atoms with Crippen molar-refractivity contribution in [2.75, 3.05) is 13.2 Å². The lowest BCUT2D eigenvalue weighted by molar-refractivity contribution is -0.233. The van der Waals surface area contributed by atoms with E-state index >= 15 is 0 Å². The number of nitrogens with one attached hydrogen (secondary N) is 1. The maximum atomic E-state index is 11.0. The van der Waals surface area contributed by atoms with Crippen LogP contribution in [0.2, 0.25) is 0 Å². The maximum Gasteiger partial charge on any atom is 0.290 e. The average molecular weight is 157 g/mol. The van der Waals surface area contributed by atoms with Crippen molar-refractivity contribution in [2.24, 2.45) is 0 Å². The lowest BCUT2D eigenvalue weighted by atomic mass is 10.4. The first-order valence-corrected chi connectivity index (χ1v) is 3.62. The van der Waals surface area contributed by atoms with Gasteiger partial charge in [0.05, 0.1) is 0 Å². The summed E-state index contributed by atoms with van der Waals surface area (Å²) in [6, 6.07) is 0. The first-order chi connectivity index (χ1) is 5.34. The molecule has 11 heavy (non-hydrogen) atoms. The summed E-state index contributed by atoms with van der Waals surface area (Å²) in [7, 11) is 0. The first kappa shape index (κ1) is 8.07. The van der Waals surface area contributed by atoms with E-state index in [1.54, 1.807) is 6.08 Å². The molecular weight excluding hydrogens is 146 g/mol. The second-order valence-electron chi connectivity index (χ2n) is 2.19. The van der Waals surface area contributed by atoms with Gasteiger partial charge >= 0.3 is 0 Å². The molecule has 0 saturated heterocycles. The fourth-order valence-electron chi connectivity index (χ4n) is 0.697. The van der Waals surface area contributed by atoms with Crippen molar-refractivity contribution in [1.82, 2.24) is 5.32 Å². The lowest BCUT2D eigenvalue weighted by Crippen LogP contribution is -2.25. The van der Waals surface area contributed by atoms with Crippen molar-refractivity contribution in [3.8, 4) is 0 Å². The quantitative estimate of drug-likeness (QED) is 0.601. The minimum atomic E-state index is -0.204. The van der Waals surface area contributed by atoms with Gasteiger partial charge in [-0.05, 0) is 12.5 Å². The van der Waals surface area contributed by atoms with Crippen LogP contribution in [-0.2, 0) is 14.6 Å². The Bertz CT molecular complexity index is 177. The highest BCUT2D eigenvalue weighted by Crippen LogP contribution is 2.05. The maximum absolute atomic E-state index is 11.0. The fourth-order valence-corrected chi connectivity index (χ4v) is 0.697. The number of hydrogen-bond donors (Lipinski definition) is 1. The average Bonchev–Trinajstić information content (AvgIpc) is 2.52. The Morgan fingerprint density at radius 1 is 1.82 bits per heavy atom. The van der Waals surface area contributed by atoms with Crippen molar-refractivity contribution in [3.63, 3.8) is 0 Å². The molecule has 1 N–H and O–H groups in total. The van der Waals surface area contributed by atoms with Crippen LogP contribution in [0.15, 0.2) is 11.8 Å². The Balaban J connectivity index is 2.29. The summed E-state index contributed by atoms with van der Waals surface area (Å²) in [5, 5.41) is 2.66. The molecule has 1 aliphatic rings. The third kappa shape index (κ3) is 2.23. The monoisotopic (exact) mass is 157 g/mol. The summed E-state index contributed by atoms with van der Waals surface area (Å²) >= 11 is 0. The van der Waals surface area contributed by atoms with Gasteiger partial charge in [0, 0.05) is 6.54 Å². The normalized spacial score (nSPS) is 15.5. The predicted molar refractivity (Wildman–Crippen MR) is 38.4 cm³/mol. The SMILES string of the molecule is CCCNC(=O)C1=CCOO1. The van der Waals surface area contributed by atoms with Crippen LogP contribution in [0.3, 0.4) is 0 Å². The topological polar surface area (TPSA) is 47.6 Å². The minimum absolute atomic E-state index is 0.204. The van der Waals surface area contributed by atoms with E-state index in [4.69, 9.17) is 0 Å². The van der Waals surface area contributed by atoms with Crippen LogP contribution in [0.4, 0.5) is 0 Å². The van der Waals surface area contributed by atoms with E-state index in [0.717, 1.165) is 6.42 Å². The molecule has 0 bridgehead atoms. The van der Waals surface area contributed by atoms with E-state index in [1.807, 2.05) is 6.92 Å². The van der Waals surface area contributed by atoms with Gasteiger partial charge in [0.1, 0.15) is 6.61 Å². The second kappa shape index (κ2) is 3.98. The molecule has 0 aromatic rings. The summed E-state index contributed by atoms with van der Waals surface area (Å²) in [6.07, 6.45) is 2.52. The van der Waals surface area contributed by atoms with Crippen molar-refractivity contribution in [1.29, 1.82) is 0 Å². The van der Waals surface area contributed by atoms with Crippen LogP contribution in [0, 0.1) is 0 Å². The van der Waals surface area contributed by atoms with E-state index in [9.17, 15) is 4.79 Å². The smallest absolute Gasteiger partial charge is 0.290 e. The number of amides is 1. The number of carbonyl (C=O) groups is 1. The van der Waals surface area contributed by atoms with E-state index in [-0.39, 0.29) is 11.7 Å². The molecule has 1 rings (SSSR count). The summed E-state index contributed by atoms with van der Waals surface area (Å²) in [4.78, 5) is 20.1. The third-order valence-corrected chi connectivity index (χ3v) is 1.24. The van der Waals surface area contributed by atoms with Crippen LogP contribution >= 0.6 is 0 Å². The molecule has 1 amide bonds.